The van der Waals surface area contributed by atoms with Gasteiger partial charge in [0.2, 0.25) is 0 Å². The zero-order valence-corrected chi connectivity index (χ0v) is 18.2. The molecule has 2 aromatic carbocycles. The van der Waals surface area contributed by atoms with E-state index in [1.165, 1.54) is 11.1 Å². The molecule has 0 fully saturated rings. The number of halogens is 1. The molecule has 0 bridgehead atoms. The first-order valence-electron chi connectivity index (χ1n) is 8.59. The second kappa shape index (κ2) is 10.1. The number of aromatic nitrogens is 3. The van der Waals surface area contributed by atoms with Gasteiger partial charge in [0, 0.05) is 26.3 Å². The molecule has 27 heavy (non-hydrogen) atoms. The van der Waals surface area contributed by atoms with Gasteiger partial charge in [0.05, 0.1) is 6.54 Å². The van der Waals surface area contributed by atoms with Crippen LogP contribution in [0, 0.1) is 6.92 Å². The Labute approximate surface area is 177 Å². The topological polar surface area (TPSA) is 58.3 Å². The molecular formula is C20H25IN6. The molecule has 0 aliphatic heterocycles. The molecule has 0 saturated heterocycles. The first kappa shape index (κ1) is 20.9. The summed E-state index contributed by atoms with van der Waals surface area (Å²) in [6.07, 6.45) is 1.73. The van der Waals surface area contributed by atoms with E-state index in [4.69, 9.17) is 0 Å². The molecule has 6 nitrogen and oxygen atoms in total. The molecule has 1 heterocycles. The van der Waals surface area contributed by atoms with Gasteiger partial charge in [-0.25, -0.2) is 0 Å². The highest BCUT2D eigenvalue weighted by Crippen LogP contribution is 2.09. The van der Waals surface area contributed by atoms with E-state index >= 15 is 0 Å². The van der Waals surface area contributed by atoms with E-state index in [0.29, 0.717) is 6.54 Å². The number of nitrogens with zero attached hydrogens (tertiary/aromatic N) is 5. The summed E-state index contributed by atoms with van der Waals surface area (Å²) in [4.78, 5) is 6.47. The molecule has 1 N–H and O–H groups in total. The number of guanidine groups is 1. The summed E-state index contributed by atoms with van der Waals surface area (Å²) in [6, 6.07) is 18.6. The van der Waals surface area contributed by atoms with Gasteiger partial charge in [0.15, 0.2) is 11.8 Å². The van der Waals surface area contributed by atoms with Gasteiger partial charge < -0.3 is 10.2 Å². The Bertz CT molecular complexity index is 858. The van der Waals surface area contributed by atoms with Crippen molar-refractivity contribution in [3.63, 3.8) is 0 Å². The zero-order valence-electron chi connectivity index (χ0n) is 15.8. The Kier molecular flexibility index (Phi) is 7.78. The number of rotatable bonds is 5. The highest BCUT2D eigenvalue weighted by molar-refractivity contribution is 14.0. The van der Waals surface area contributed by atoms with Crippen LogP contribution >= 0.6 is 24.0 Å². The number of hydrogen-bond acceptors (Lipinski definition) is 3. The van der Waals surface area contributed by atoms with Gasteiger partial charge in [0.1, 0.15) is 6.33 Å². The van der Waals surface area contributed by atoms with E-state index in [1.54, 1.807) is 13.4 Å². The Balaban J connectivity index is 0.00000261. The molecule has 0 aliphatic rings. The summed E-state index contributed by atoms with van der Waals surface area (Å²) in [7, 11) is 3.81. The number of hydrogen-bond donors (Lipinski definition) is 1. The Morgan fingerprint density at radius 3 is 2.48 bits per heavy atom. The van der Waals surface area contributed by atoms with Crippen molar-refractivity contribution in [3.05, 3.63) is 77.9 Å². The third-order valence-electron chi connectivity index (χ3n) is 4.17. The molecule has 7 heteroatoms. The fraction of sp³-hybridized carbons (Fsp3) is 0.250. The molecule has 0 spiro atoms. The maximum absolute atomic E-state index is 4.38. The number of para-hydroxylation sites is 1. The molecule has 0 radical (unpaired) electrons. The number of nitrogens with one attached hydrogen (secondary N) is 1. The van der Waals surface area contributed by atoms with Crippen LogP contribution in [0.4, 0.5) is 0 Å². The lowest BCUT2D eigenvalue weighted by Gasteiger charge is -2.22. The van der Waals surface area contributed by atoms with Crippen molar-refractivity contribution in [3.8, 4) is 5.69 Å². The van der Waals surface area contributed by atoms with Crippen LogP contribution in [0.5, 0.6) is 0 Å². The minimum absolute atomic E-state index is 0. The average molecular weight is 476 g/mol. The highest BCUT2D eigenvalue weighted by Gasteiger charge is 2.10. The number of benzene rings is 2. The van der Waals surface area contributed by atoms with E-state index in [1.807, 2.05) is 41.9 Å². The van der Waals surface area contributed by atoms with E-state index < -0.39 is 0 Å². The smallest absolute Gasteiger partial charge is 0.194 e. The Morgan fingerprint density at radius 1 is 1.11 bits per heavy atom. The molecule has 1 aromatic heterocycles. The van der Waals surface area contributed by atoms with Crippen LogP contribution in [0.25, 0.3) is 5.69 Å². The van der Waals surface area contributed by atoms with Crippen LogP contribution in [0.15, 0.2) is 65.9 Å². The van der Waals surface area contributed by atoms with Crippen LogP contribution in [0.3, 0.4) is 0 Å². The van der Waals surface area contributed by atoms with Gasteiger partial charge in [0.25, 0.3) is 0 Å². The molecular weight excluding hydrogens is 451 g/mol. The van der Waals surface area contributed by atoms with Crippen molar-refractivity contribution >= 4 is 29.9 Å². The predicted molar refractivity (Wildman–Crippen MR) is 120 cm³/mol. The average Bonchev–Trinajstić information content (AvgIpc) is 3.13. The van der Waals surface area contributed by atoms with Crippen LogP contribution in [-0.2, 0) is 13.1 Å². The van der Waals surface area contributed by atoms with Crippen LogP contribution in [-0.4, -0.2) is 39.7 Å². The fourth-order valence-electron chi connectivity index (χ4n) is 2.77. The van der Waals surface area contributed by atoms with E-state index in [9.17, 15) is 0 Å². The lowest BCUT2D eigenvalue weighted by molar-refractivity contribution is 0.475. The normalized spacial score (nSPS) is 11.0. The minimum Gasteiger partial charge on any atom is -0.349 e. The summed E-state index contributed by atoms with van der Waals surface area (Å²) < 4.78 is 1.97. The first-order chi connectivity index (χ1) is 12.7. The molecule has 3 aromatic rings. The zero-order chi connectivity index (χ0) is 18.4. The highest BCUT2D eigenvalue weighted by atomic mass is 127. The monoisotopic (exact) mass is 476 g/mol. The lowest BCUT2D eigenvalue weighted by atomic mass is 10.1. The van der Waals surface area contributed by atoms with E-state index in [0.717, 1.165) is 24.0 Å². The molecule has 0 unspecified atom stereocenters. The van der Waals surface area contributed by atoms with Gasteiger partial charge in [-0.15, -0.1) is 34.2 Å². The summed E-state index contributed by atoms with van der Waals surface area (Å²) in [5.74, 6) is 1.65. The van der Waals surface area contributed by atoms with Crippen LogP contribution in [0.1, 0.15) is 17.0 Å². The fourth-order valence-corrected chi connectivity index (χ4v) is 2.77. The lowest BCUT2D eigenvalue weighted by Crippen LogP contribution is -2.38. The van der Waals surface area contributed by atoms with Gasteiger partial charge in [-0.05, 0) is 24.6 Å². The summed E-state index contributed by atoms with van der Waals surface area (Å²) in [5.41, 5.74) is 3.55. The van der Waals surface area contributed by atoms with Gasteiger partial charge in [-0.1, -0.05) is 48.0 Å². The Hall–Kier alpha value is -2.42. The van der Waals surface area contributed by atoms with E-state index in [-0.39, 0.29) is 24.0 Å². The number of aryl methyl sites for hydroxylation is 1. The Morgan fingerprint density at radius 2 is 1.81 bits per heavy atom. The van der Waals surface area contributed by atoms with Gasteiger partial charge in [-0.3, -0.25) is 9.56 Å². The van der Waals surface area contributed by atoms with Crippen molar-refractivity contribution in [1.29, 1.82) is 0 Å². The van der Waals surface area contributed by atoms with Gasteiger partial charge >= 0.3 is 0 Å². The SMILES string of the molecule is CN=C(NCc1nncn1-c1ccccc1)N(C)Cc1ccc(C)cc1.I. The predicted octanol–water partition coefficient (Wildman–Crippen LogP) is 3.40. The maximum Gasteiger partial charge on any atom is 0.194 e. The van der Waals surface area contributed by atoms with Crippen molar-refractivity contribution < 1.29 is 0 Å². The van der Waals surface area contributed by atoms with Crippen molar-refractivity contribution in [2.75, 3.05) is 14.1 Å². The molecule has 0 amide bonds. The molecule has 3 rings (SSSR count). The quantitative estimate of drug-likeness (QED) is 0.349. The second-order valence-corrected chi connectivity index (χ2v) is 6.20. The van der Waals surface area contributed by atoms with Crippen LogP contribution in [0.2, 0.25) is 0 Å². The van der Waals surface area contributed by atoms with E-state index in [2.05, 4.69) is 56.6 Å². The maximum atomic E-state index is 4.38. The first-order valence-corrected chi connectivity index (χ1v) is 8.59. The summed E-state index contributed by atoms with van der Waals surface area (Å²) >= 11 is 0. The molecule has 142 valence electrons. The van der Waals surface area contributed by atoms with Crippen molar-refractivity contribution in [1.82, 2.24) is 25.0 Å². The second-order valence-electron chi connectivity index (χ2n) is 6.20. The molecule has 0 aliphatic carbocycles. The van der Waals surface area contributed by atoms with Crippen molar-refractivity contribution in [2.24, 2.45) is 4.99 Å². The molecule has 0 atom stereocenters. The summed E-state index contributed by atoms with van der Waals surface area (Å²) in [5, 5.41) is 11.6. The third kappa shape index (κ3) is 5.53. The largest absolute Gasteiger partial charge is 0.349 e. The minimum atomic E-state index is 0. The third-order valence-corrected chi connectivity index (χ3v) is 4.17. The molecule has 0 saturated carbocycles. The number of aliphatic imine (C=N–C) groups is 1. The standard InChI is InChI=1S/C20H24N6.HI/c1-16-9-11-17(12-10-16)14-25(3)20(21-2)22-13-19-24-23-15-26(19)18-7-5-4-6-8-18;/h4-12,15H,13-14H2,1-3H3,(H,21,22);1H. The summed E-state index contributed by atoms with van der Waals surface area (Å²) in [6.45, 7) is 3.42. The van der Waals surface area contributed by atoms with Gasteiger partial charge in [-0.2, -0.15) is 0 Å². The van der Waals surface area contributed by atoms with Crippen molar-refractivity contribution in [2.45, 2.75) is 20.0 Å². The van der Waals surface area contributed by atoms with Crippen LogP contribution < -0.4 is 5.32 Å².